The Hall–Kier alpha value is -2.14. The summed E-state index contributed by atoms with van der Waals surface area (Å²) in [6.07, 6.45) is 0.889. The van der Waals surface area contributed by atoms with E-state index in [-0.39, 0.29) is 12.5 Å². The number of aryl methyl sites for hydroxylation is 1. The molecule has 1 amide bonds. The second-order valence-corrected chi connectivity index (χ2v) is 7.52. The van der Waals surface area contributed by atoms with Crippen molar-refractivity contribution in [3.05, 3.63) is 59.7 Å². The maximum atomic E-state index is 12.1. The minimum absolute atomic E-state index is 0.0422. The van der Waals surface area contributed by atoms with E-state index in [1.807, 2.05) is 36.0 Å². The van der Waals surface area contributed by atoms with Crippen molar-refractivity contribution in [2.45, 2.75) is 19.9 Å². The van der Waals surface area contributed by atoms with Crippen LogP contribution in [0.1, 0.15) is 18.1 Å². The second-order valence-electron chi connectivity index (χ2n) is 6.29. The maximum absolute atomic E-state index is 12.1. The molecule has 1 aliphatic heterocycles. The number of hydrogen-bond acceptors (Lipinski definition) is 4. The summed E-state index contributed by atoms with van der Waals surface area (Å²) in [7, 11) is 0. The molecule has 1 N–H and O–H groups in total. The van der Waals surface area contributed by atoms with Gasteiger partial charge in [-0.1, -0.05) is 37.3 Å². The van der Waals surface area contributed by atoms with Crippen LogP contribution in [0.5, 0.6) is 5.75 Å². The largest absolute Gasteiger partial charge is 0.483 e. The topological polar surface area (TPSA) is 41.6 Å². The minimum atomic E-state index is -0.104. The Bertz CT molecular complexity index is 712. The third-order valence-electron chi connectivity index (χ3n) is 4.51. The molecule has 0 saturated carbocycles. The number of carbonyl (C=O) groups excluding carboxylic acids is 1. The second kappa shape index (κ2) is 9.53. The standard InChI is InChI=1S/C21H26N2O2S/c1-2-18-5-3-4-6-20(18)25-16-21(24)22-15-17-7-9-19(10-8-17)23-11-13-26-14-12-23/h3-10H,2,11-16H2,1H3,(H,22,24). The fraction of sp³-hybridized carbons (Fsp3) is 0.381. The lowest BCUT2D eigenvalue weighted by molar-refractivity contribution is -0.123. The van der Waals surface area contributed by atoms with Crippen molar-refractivity contribution in [2.24, 2.45) is 0 Å². The Kier molecular flexibility index (Phi) is 6.83. The van der Waals surface area contributed by atoms with Crippen molar-refractivity contribution in [1.82, 2.24) is 5.32 Å². The van der Waals surface area contributed by atoms with Crippen molar-refractivity contribution < 1.29 is 9.53 Å². The number of thioether (sulfide) groups is 1. The number of amides is 1. The molecule has 0 radical (unpaired) electrons. The Balaban J connectivity index is 1.45. The lowest BCUT2D eigenvalue weighted by Gasteiger charge is -2.28. The molecule has 4 nitrogen and oxygen atoms in total. The number of nitrogens with zero attached hydrogens (tertiary/aromatic N) is 1. The molecule has 0 aliphatic carbocycles. The predicted octanol–water partition coefficient (Wildman–Crippen LogP) is 3.50. The average molecular weight is 371 g/mol. The molecule has 0 aromatic heterocycles. The summed E-state index contributed by atoms with van der Waals surface area (Å²) >= 11 is 2.01. The molecule has 0 spiro atoms. The number of nitrogens with one attached hydrogen (secondary N) is 1. The van der Waals surface area contributed by atoms with Crippen molar-refractivity contribution in [2.75, 3.05) is 36.1 Å². The summed E-state index contributed by atoms with van der Waals surface area (Å²) in [5.74, 6) is 3.07. The van der Waals surface area contributed by atoms with E-state index in [1.54, 1.807) is 0 Å². The molecular weight excluding hydrogens is 344 g/mol. The average Bonchev–Trinajstić information content (AvgIpc) is 2.72. The molecule has 0 unspecified atom stereocenters. The number of hydrogen-bond donors (Lipinski definition) is 1. The van der Waals surface area contributed by atoms with E-state index >= 15 is 0 Å². The van der Waals surface area contributed by atoms with Gasteiger partial charge in [0.15, 0.2) is 6.61 Å². The smallest absolute Gasteiger partial charge is 0.258 e. The van der Waals surface area contributed by atoms with Crippen LogP contribution in [-0.4, -0.2) is 37.1 Å². The third kappa shape index (κ3) is 5.18. The highest BCUT2D eigenvalue weighted by atomic mass is 32.2. The van der Waals surface area contributed by atoms with E-state index in [4.69, 9.17) is 4.74 Å². The maximum Gasteiger partial charge on any atom is 0.258 e. The zero-order valence-electron chi connectivity index (χ0n) is 15.2. The molecule has 1 fully saturated rings. The molecule has 1 aliphatic rings. The Morgan fingerprint density at radius 3 is 2.58 bits per heavy atom. The summed E-state index contributed by atoms with van der Waals surface area (Å²) in [6, 6.07) is 16.3. The van der Waals surface area contributed by atoms with Gasteiger partial charge in [-0.2, -0.15) is 11.8 Å². The van der Waals surface area contributed by atoms with Gasteiger partial charge in [0.25, 0.3) is 5.91 Å². The monoisotopic (exact) mass is 370 g/mol. The van der Waals surface area contributed by atoms with Crippen molar-refractivity contribution in [3.63, 3.8) is 0 Å². The Morgan fingerprint density at radius 2 is 1.85 bits per heavy atom. The van der Waals surface area contributed by atoms with Crippen LogP contribution < -0.4 is 15.0 Å². The highest BCUT2D eigenvalue weighted by Crippen LogP contribution is 2.20. The predicted molar refractivity (Wildman–Crippen MR) is 109 cm³/mol. The van der Waals surface area contributed by atoms with E-state index in [9.17, 15) is 4.79 Å². The first-order valence-corrected chi connectivity index (χ1v) is 10.3. The normalized spacial score (nSPS) is 14.1. The molecule has 0 bridgehead atoms. The molecule has 2 aromatic carbocycles. The number of rotatable bonds is 7. The summed E-state index contributed by atoms with van der Waals surface area (Å²) in [6.45, 7) is 4.86. The number of anilines is 1. The molecule has 26 heavy (non-hydrogen) atoms. The van der Waals surface area contributed by atoms with Gasteiger partial charge in [-0.3, -0.25) is 4.79 Å². The zero-order valence-corrected chi connectivity index (χ0v) is 16.1. The number of para-hydroxylation sites is 1. The lowest BCUT2D eigenvalue weighted by atomic mass is 10.1. The third-order valence-corrected chi connectivity index (χ3v) is 5.46. The highest BCUT2D eigenvalue weighted by Gasteiger charge is 2.11. The zero-order chi connectivity index (χ0) is 18.2. The lowest BCUT2D eigenvalue weighted by Crippen LogP contribution is -2.32. The van der Waals surface area contributed by atoms with Gasteiger partial charge in [-0.25, -0.2) is 0 Å². The molecule has 1 saturated heterocycles. The van der Waals surface area contributed by atoms with Crippen LogP contribution in [0.4, 0.5) is 5.69 Å². The van der Waals surface area contributed by atoms with Crippen LogP contribution in [0, 0.1) is 0 Å². The molecule has 2 aromatic rings. The van der Waals surface area contributed by atoms with Crippen molar-refractivity contribution in [1.29, 1.82) is 0 Å². The van der Waals surface area contributed by atoms with Crippen molar-refractivity contribution in [3.8, 4) is 5.75 Å². The highest BCUT2D eigenvalue weighted by molar-refractivity contribution is 7.99. The first-order valence-electron chi connectivity index (χ1n) is 9.15. The fourth-order valence-corrected chi connectivity index (χ4v) is 3.88. The SMILES string of the molecule is CCc1ccccc1OCC(=O)NCc1ccc(N2CCSCC2)cc1. The molecule has 1 heterocycles. The fourth-order valence-electron chi connectivity index (χ4n) is 2.98. The van der Waals surface area contributed by atoms with Crippen LogP contribution in [0.3, 0.4) is 0 Å². The van der Waals surface area contributed by atoms with E-state index in [0.29, 0.717) is 6.54 Å². The van der Waals surface area contributed by atoms with Crippen LogP contribution >= 0.6 is 11.8 Å². The van der Waals surface area contributed by atoms with Gasteiger partial charge in [-0.15, -0.1) is 0 Å². The Morgan fingerprint density at radius 1 is 1.12 bits per heavy atom. The summed E-state index contributed by atoms with van der Waals surface area (Å²) in [5.41, 5.74) is 3.48. The van der Waals surface area contributed by atoms with Gasteiger partial charge in [0.05, 0.1) is 0 Å². The Labute approximate surface area is 159 Å². The number of ether oxygens (including phenoxy) is 1. The summed E-state index contributed by atoms with van der Waals surface area (Å²) < 4.78 is 5.66. The van der Waals surface area contributed by atoms with E-state index < -0.39 is 0 Å². The number of benzene rings is 2. The van der Waals surface area contributed by atoms with Gasteiger partial charge in [0, 0.05) is 36.8 Å². The minimum Gasteiger partial charge on any atom is -0.483 e. The molecule has 138 valence electrons. The van der Waals surface area contributed by atoms with Gasteiger partial charge >= 0.3 is 0 Å². The van der Waals surface area contributed by atoms with Gasteiger partial charge in [-0.05, 0) is 35.7 Å². The molecular formula is C21H26N2O2S. The quantitative estimate of drug-likeness (QED) is 0.810. The van der Waals surface area contributed by atoms with E-state index in [1.165, 1.54) is 17.2 Å². The number of carbonyl (C=O) groups is 1. The van der Waals surface area contributed by atoms with Gasteiger partial charge in [0.2, 0.25) is 0 Å². The molecule has 3 rings (SSSR count). The molecule has 5 heteroatoms. The first kappa shape index (κ1) is 18.6. The van der Waals surface area contributed by atoms with E-state index in [2.05, 4.69) is 41.4 Å². The summed E-state index contributed by atoms with van der Waals surface area (Å²) in [4.78, 5) is 14.5. The molecule has 0 atom stereocenters. The van der Waals surface area contributed by atoms with Gasteiger partial charge in [0.1, 0.15) is 5.75 Å². The summed E-state index contributed by atoms with van der Waals surface area (Å²) in [5, 5.41) is 2.92. The van der Waals surface area contributed by atoms with Crippen LogP contribution in [0.15, 0.2) is 48.5 Å². The van der Waals surface area contributed by atoms with Gasteiger partial charge < -0.3 is 15.0 Å². The van der Waals surface area contributed by atoms with E-state index in [0.717, 1.165) is 36.4 Å². The first-order chi connectivity index (χ1) is 12.8. The van der Waals surface area contributed by atoms with Crippen LogP contribution in [0.25, 0.3) is 0 Å². The van der Waals surface area contributed by atoms with Crippen molar-refractivity contribution >= 4 is 23.4 Å². The van der Waals surface area contributed by atoms with Crippen LogP contribution in [0.2, 0.25) is 0 Å². The van der Waals surface area contributed by atoms with Crippen LogP contribution in [-0.2, 0) is 17.8 Å².